The van der Waals surface area contributed by atoms with Gasteiger partial charge < -0.3 is 10.1 Å². The average molecular weight is 410 g/mol. The van der Waals surface area contributed by atoms with Crippen LogP contribution in [-0.2, 0) is 9.53 Å². The van der Waals surface area contributed by atoms with Gasteiger partial charge in [0, 0.05) is 24.3 Å². The molecule has 29 heavy (non-hydrogen) atoms. The lowest BCUT2D eigenvalue weighted by Gasteiger charge is -2.38. The minimum absolute atomic E-state index is 0.00881. The summed E-state index contributed by atoms with van der Waals surface area (Å²) in [7, 11) is 0. The molecule has 1 aliphatic rings. The number of fused-ring (bicyclic) bond motifs is 1. The number of rotatable bonds is 4. The van der Waals surface area contributed by atoms with Gasteiger partial charge in [-0.25, -0.2) is 4.98 Å². The first-order valence-corrected chi connectivity index (χ1v) is 10.9. The van der Waals surface area contributed by atoms with Crippen LogP contribution in [0.4, 0.5) is 5.69 Å². The van der Waals surface area contributed by atoms with Crippen LogP contribution in [0.3, 0.4) is 0 Å². The number of nitrogens with one attached hydrogen (secondary N) is 1. The second-order valence-corrected chi connectivity index (χ2v) is 8.97. The number of aryl methyl sites for hydroxylation is 1. The third-order valence-electron chi connectivity index (χ3n) is 5.32. The Balaban J connectivity index is 1.44. The van der Waals surface area contributed by atoms with E-state index in [0.717, 1.165) is 34.9 Å². The van der Waals surface area contributed by atoms with Crippen LogP contribution >= 0.6 is 11.3 Å². The van der Waals surface area contributed by atoms with Crippen LogP contribution in [0.2, 0.25) is 0 Å². The Morgan fingerprint density at radius 1 is 1.17 bits per heavy atom. The van der Waals surface area contributed by atoms with Gasteiger partial charge in [0.25, 0.3) is 0 Å². The summed E-state index contributed by atoms with van der Waals surface area (Å²) in [6.07, 6.45) is 0.289. The minimum atomic E-state index is -0.198. The predicted octanol–water partition coefficient (Wildman–Crippen LogP) is 4.71. The van der Waals surface area contributed by atoms with Crippen molar-refractivity contribution in [3.63, 3.8) is 0 Å². The molecule has 4 rings (SSSR count). The van der Waals surface area contributed by atoms with Gasteiger partial charge in [-0.1, -0.05) is 6.07 Å². The number of benzene rings is 2. The first-order chi connectivity index (χ1) is 13.9. The standard InChI is InChI=1S/C23H27N3O2S/c1-14-5-10-20-21(11-14)29-23(25-20)18-6-8-19(9-7-18)24-22(27)17(4)26-12-15(2)28-16(3)13-26/h5-11,15-17H,12-13H2,1-4H3,(H,24,27). The van der Waals surface area contributed by atoms with Gasteiger partial charge in [-0.15, -0.1) is 11.3 Å². The number of amides is 1. The number of hydrogen-bond donors (Lipinski definition) is 1. The van der Waals surface area contributed by atoms with Crippen molar-refractivity contribution in [3.05, 3.63) is 48.0 Å². The summed E-state index contributed by atoms with van der Waals surface area (Å²) in [6.45, 7) is 9.70. The summed E-state index contributed by atoms with van der Waals surface area (Å²) < 4.78 is 6.96. The Hall–Kier alpha value is -2.28. The van der Waals surface area contributed by atoms with Crippen LogP contribution in [-0.4, -0.2) is 47.1 Å². The summed E-state index contributed by atoms with van der Waals surface area (Å²) in [5.74, 6) is 0.00881. The van der Waals surface area contributed by atoms with Crippen molar-refractivity contribution < 1.29 is 9.53 Å². The summed E-state index contributed by atoms with van der Waals surface area (Å²) in [5, 5.41) is 4.04. The predicted molar refractivity (Wildman–Crippen MR) is 119 cm³/mol. The summed E-state index contributed by atoms with van der Waals surface area (Å²) >= 11 is 1.69. The maximum Gasteiger partial charge on any atom is 0.241 e. The normalized spacial score (nSPS) is 21.2. The third kappa shape index (κ3) is 4.50. The lowest BCUT2D eigenvalue weighted by atomic mass is 10.1. The molecule has 3 aromatic rings. The SMILES string of the molecule is Cc1ccc2nc(-c3ccc(NC(=O)C(C)N4CC(C)OC(C)C4)cc3)sc2c1. The van der Waals surface area contributed by atoms with E-state index in [-0.39, 0.29) is 24.2 Å². The Labute approximate surface area is 175 Å². The van der Waals surface area contributed by atoms with E-state index >= 15 is 0 Å². The number of carbonyl (C=O) groups excluding carboxylic acids is 1. The maximum atomic E-state index is 12.7. The quantitative estimate of drug-likeness (QED) is 0.678. The molecule has 3 atom stereocenters. The first-order valence-electron chi connectivity index (χ1n) is 10.1. The lowest BCUT2D eigenvalue weighted by Crippen LogP contribution is -2.52. The van der Waals surface area contributed by atoms with Crippen LogP contribution in [0.25, 0.3) is 20.8 Å². The highest BCUT2D eigenvalue weighted by atomic mass is 32.1. The fourth-order valence-corrected chi connectivity index (χ4v) is 4.87. The minimum Gasteiger partial charge on any atom is -0.373 e. The highest BCUT2D eigenvalue weighted by molar-refractivity contribution is 7.21. The van der Waals surface area contributed by atoms with Gasteiger partial charge in [0.2, 0.25) is 5.91 Å². The molecule has 0 saturated carbocycles. The zero-order valence-electron chi connectivity index (χ0n) is 17.3. The van der Waals surface area contributed by atoms with Crippen LogP contribution in [0, 0.1) is 6.92 Å². The van der Waals surface area contributed by atoms with E-state index in [1.165, 1.54) is 10.3 Å². The van der Waals surface area contributed by atoms with Crippen molar-refractivity contribution in [2.75, 3.05) is 18.4 Å². The molecule has 1 aliphatic heterocycles. The van der Waals surface area contributed by atoms with Gasteiger partial charge in [-0.2, -0.15) is 0 Å². The van der Waals surface area contributed by atoms with E-state index in [4.69, 9.17) is 9.72 Å². The number of anilines is 1. The topological polar surface area (TPSA) is 54.5 Å². The van der Waals surface area contributed by atoms with Crippen LogP contribution in [0.1, 0.15) is 26.3 Å². The largest absolute Gasteiger partial charge is 0.373 e. The molecule has 6 heteroatoms. The fourth-order valence-electron chi connectivity index (χ4n) is 3.80. The van der Waals surface area contributed by atoms with Gasteiger partial charge in [0.1, 0.15) is 5.01 Å². The third-order valence-corrected chi connectivity index (χ3v) is 6.39. The number of morpholine rings is 1. The monoisotopic (exact) mass is 409 g/mol. The van der Waals surface area contributed by atoms with Crippen molar-refractivity contribution in [1.29, 1.82) is 0 Å². The van der Waals surface area contributed by atoms with Gasteiger partial charge >= 0.3 is 0 Å². The Kier molecular flexibility index (Phi) is 5.67. The molecule has 2 aromatic carbocycles. The van der Waals surface area contributed by atoms with Gasteiger partial charge in [0.15, 0.2) is 0 Å². The van der Waals surface area contributed by atoms with Crippen molar-refractivity contribution in [2.24, 2.45) is 0 Å². The lowest BCUT2D eigenvalue weighted by molar-refractivity contribution is -0.126. The number of nitrogens with zero attached hydrogens (tertiary/aromatic N) is 2. The second kappa shape index (κ2) is 8.22. The molecule has 5 nitrogen and oxygen atoms in total. The van der Waals surface area contributed by atoms with E-state index in [0.29, 0.717) is 0 Å². The molecule has 1 N–H and O–H groups in total. The molecule has 0 aliphatic carbocycles. The van der Waals surface area contributed by atoms with E-state index in [9.17, 15) is 4.79 Å². The summed E-state index contributed by atoms with van der Waals surface area (Å²) in [6, 6.07) is 14.0. The Morgan fingerprint density at radius 3 is 2.55 bits per heavy atom. The van der Waals surface area contributed by atoms with Gasteiger partial charge in [-0.3, -0.25) is 9.69 Å². The van der Waals surface area contributed by atoms with E-state index in [1.807, 2.05) is 31.2 Å². The van der Waals surface area contributed by atoms with Crippen LogP contribution in [0.15, 0.2) is 42.5 Å². The second-order valence-electron chi connectivity index (χ2n) is 7.94. The maximum absolute atomic E-state index is 12.7. The Morgan fingerprint density at radius 2 is 1.86 bits per heavy atom. The molecule has 152 valence electrons. The first kappa shape index (κ1) is 20.0. The number of hydrogen-bond acceptors (Lipinski definition) is 5. The molecule has 1 amide bonds. The zero-order valence-corrected chi connectivity index (χ0v) is 18.1. The fraction of sp³-hybridized carbons (Fsp3) is 0.391. The summed E-state index contributed by atoms with van der Waals surface area (Å²) in [5.41, 5.74) is 4.13. The average Bonchev–Trinajstić information content (AvgIpc) is 3.10. The molecule has 0 radical (unpaired) electrons. The molecule has 1 fully saturated rings. The number of aromatic nitrogens is 1. The molecular weight excluding hydrogens is 382 g/mol. The van der Waals surface area contributed by atoms with E-state index < -0.39 is 0 Å². The van der Waals surface area contributed by atoms with Crippen molar-refractivity contribution in [2.45, 2.75) is 45.9 Å². The van der Waals surface area contributed by atoms with E-state index in [2.05, 4.69) is 49.2 Å². The molecule has 1 saturated heterocycles. The number of ether oxygens (including phenoxy) is 1. The molecule has 0 spiro atoms. The van der Waals surface area contributed by atoms with Gasteiger partial charge in [0.05, 0.1) is 28.5 Å². The molecule has 2 heterocycles. The van der Waals surface area contributed by atoms with E-state index in [1.54, 1.807) is 11.3 Å². The summed E-state index contributed by atoms with van der Waals surface area (Å²) in [4.78, 5) is 19.6. The van der Waals surface area contributed by atoms with Crippen molar-refractivity contribution in [1.82, 2.24) is 9.88 Å². The molecular formula is C23H27N3O2S. The molecule has 3 unspecified atom stereocenters. The van der Waals surface area contributed by atoms with Crippen LogP contribution < -0.4 is 5.32 Å². The molecule has 0 bridgehead atoms. The number of thiazole rings is 1. The van der Waals surface area contributed by atoms with Crippen molar-refractivity contribution in [3.8, 4) is 10.6 Å². The van der Waals surface area contributed by atoms with Crippen LogP contribution in [0.5, 0.6) is 0 Å². The smallest absolute Gasteiger partial charge is 0.241 e. The van der Waals surface area contributed by atoms with Gasteiger partial charge in [-0.05, 0) is 69.7 Å². The highest BCUT2D eigenvalue weighted by Gasteiger charge is 2.29. The number of carbonyl (C=O) groups is 1. The van der Waals surface area contributed by atoms with Crippen molar-refractivity contribution >= 4 is 33.1 Å². The molecule has 1 aromatic heterocycles. The highest BCUT2D eigenvalue weighted by Crippen LogP contribution is 2.31. The Bertz CT molecular complexity index is 1000. The zero-order chi connectivity index (χ0) is 20.5.